The molecule has 2 aliphatic rings. The topological polar surface area (TPSA) is 118 Å². The molecule has 0 spiro atoms. The first-order valence-corrected chi connectivity index (χ1v) is 12.6. The number of halogens is 1. The van der Waals surface area contributed by atoms with Gasteiger partial charge in [-0.05, 0) is 42.3 Å². The highest BCUT2D eigenvalue weighted by molar-refractivity contribution is 6.46. The lowest BCUT2D eigenvalue weighted by Crippen LogP contribution is -2.39. The van der Waals surface area contributed by atoms with E-state index in [-0.39, 0.29) is 28.5 Å². The van der Waals surface area contributed by atoms with E-state index in [1.807, 2.05) is 0 Å². The van der Waals surface area contributed by atoms with Gasteiger partial charge in [-0.1, -0.05) is 11.6 Å². The Bertz CT molecular complexity index is 1220. The van der Waals surface area contributed by atoms with Gasteiger partial charge in [0.15, 0.2) is 11.5 Å². The van der Waals surface area contributed by atoms with Crippen molar-refractivity contribution in [1.82, 2.24) is 9.80 Å². The van der Waals surface area contributed by atoms with Crippen LogP contribution < -0.4 is 14.2 Å². The van der Waals surface area contributed by atoms with Crippen molar-refractivity contribution >= 4 is 29.1 Å². The van der Waals surface area contributed by atoms with E-state index < -0.39 is 23.5 Å². The first-order valence-electron chi connectivity index (χ1n) is 12.2. The molecule has 0 aromatic heterocycles. The molecular weight excluding hydrogens is 516 g/mol. The van der Waals surface area contributed by atoms with E-state index in [0.29, 0.717) is 49.0 Å². The summed E-state index contributed by atoms with van der Waals surface area (Å²) in [6.07, 6.45) is 0.594. The van der Waals surface area contributed by atoms with Crippen molar-refractivity contribution in [2.75, 3.05) is 60.7 Å². The molecule has 1 atom stereocenters. The molecule has 0 bridgehead atoms. The molecular formula is C27H31ClN2O8. The number of hydrogen-bond acceptors (Lipinski definition) is 9. The van der Waals surface area contributed by atoms with E-state index in [1.165, 1.54) is 44.4 Å². The number of aliphatic hydroxyl groups excluding tert-OH is 1. The Balaban J connectivity index is 1.81. The van der Waals surface area contributed by atoms with Gasteiger partial charge in [0.25, 0.3) is 11.7 Å². The van der Waals surface area contributed by atoms with Crippen molar-refractivity contribution in [3.63, 3.8) is 0 Å². The zero-order valence-corrected chi connectivity index (χ0v) is 22.3. The number of rotatable bonds is 9. The van der Waals surface area contributed by atoms with Gasteiger partial charge in [0, 0.05) is 31.2 Å². The second-order valence-electron chi connectivity index (χ2n) is 8.92. The number of ether oxygens (including phenoxy) is 4. The number of methoxy groups -OCH3 is 3. The lowest BCUT2D eigenvalue weighted by Gasteiger charge is -2.29. The van der Waals surface area contributed by atoms with Gasteiger partial charge in [-0.2, -0.15) is 0 Å². The number of hydrogen-bond donors (Lipinski definition) is 2. The molecule has 11 heteroatoms. The number of aromatic hydroxyl groups is 1. The minimum Gasteiger partial charge on any atom is -0.507 e. The summed E-state index contributed by atoms with van der Waals surface area (Å²) in [5.74, 6) is -1.44. The number of ketones is 1. The molecule has 2 aliphatic heterocycles. The molecule has 0 aliphatic carbocycles. The smallest absolute Gasteiger partial charge is 0.295 e. The Morgan fingerprint density at radius 2 is 1.68 bits per heavy atom. The minimum atomic E-state index is -0.980. The summed E-state index contributed by atoms with van der Waals surface area (Å²) in [6, 6.07) is 6.39. The zero-order valence-electron chi connectivity index (χ0n) is 21.5. The number of amides is 1. The molecule has 38 heavy (non-hydrogen) atoms. The summed E-state index contributed by atoms with van der Waals surface area (Å²) in [6.45, 7) is 3.86. The highest BCUT2D eigenvalue weighted by Crippen LogP contribution is 2.46. The Morgan fingerprint density at radius 1 is 1.03 bits per heavy atom. The number of benzene rings is 2. The van der Waals surface area contributed by atoms with Gasteiger partial charge in [-0.3, -0.25) is 14.5 Å². The van der Waals surface area contributed by atoms with Crippen LogP contribution in [0.5, 0.6) is 23.0 Å². The Kier molecular flexibility index (Phi) is 8.65. The van der Waals surface area contributed by atoms with E-state index >= 15 is 0 Å². The largest absolute Gasteiger partial charge is 0.507 e. The number of carbonyl (C=O) groups excluding carboxylic acids is 2. The third kappa shape index (κ3) is 5.38. The monoisotopic (exact) mass is 546 g/mol. The summed E-state index contributed by atoms with van der Waals surface area (Å²) in [5.41, 5.74) is 0.239. The van der Waals surface area contributed by atoms with E-state index in [0.717, 1.165) is 13.1 Å². The van der Waals surface area contributed by atoms with Crippen LogP contribution in [-0.2, 0) is 14.3 Å². The molecule has 2 heterocycles. The third-order valence-electron chi connectivity index (χ3n) is 6.73. The number of carbonyl (C=O) groups is 2. The van der Waals surface area contributed by atoms with Crippen LogP contribution >= 0.6 is 11.6 Å². The number of likely N-dealkylation sites (tertiary alicyclic amines) is 1. The standard InChI is InChI=1S/C27H31ClN2O8/c1-35-20-13-16(14-21(36-2)26(20)37-3)23-22(24(32)18-15-17(28)5-6-19(18)31)25(33)27(34)30(23)8-4-7-29-9-11-38-12-10-29/h5-6,13-15,23,31-32H,4,7-12H2,1-3H3/b24-22+. The fraction of sp³-hybridized carbons (Fsp3) is 0.407. The lowest BCUT2D eigenvalue weighted by molar-refractivity contribution is -0.140. The third-order valence-corrected chi connectivity index (χ3v) is 6.97. The fourth-order valence-electron chi connectivity index (χ4n) is 4.85. The second-order valence-corrected chi connectivity index (χ2v) is 9.36. The number of phenolic OH excluding ortho intramolecular Hbond substituents is 1. The van der Waals surface area contributed by atoms with Crippen LogP contribution in [-0.4, -0.2) is 92.4 Å². The molecule has 1 unspecified atom stereocenters. The Labute approximate surface area is 225 Å². The molecule has 10 nitrogen and oxygen atoms in total. The number of phenols is 1. The Morgan fingerprint density at radius 3 is 2.29 bits per heavy atom. The number of morpholine rings is 1. The number of Topliss-reactive ketones (excluding diaryl/α,β-unsaturated/α-hetero) is 1. The number of aliphatic hydroxyl groups is 1. The summed E-state index contributed by atoms with van der Waals surface area (Å²) < 4.78 is 21.8. The Hall–Kier alpha value is -3.47. The van der Waals surface area contributed by atoms with E-state index in [2.05, 4.69) is 4.90 Å². The molecule has 2 fully saturated rings. The maximum absolute atomic E-state index is 13.4. The van der Waals surface area contributed by atoms with Crippen molar-refractivity contribution in [2.45, 2.75) is 12.5 Å². The van der Waals surface area contributed by atoms with Gasteiger partial charge in [0.2, 0.25) is 5.75 Å². The molecule has 2 aromatic rings. The number of nitrogens with zero attached hydrogens (tertiary/aromatic N) is 2. The maximum Gasteiger partial charge on any atom is 0.295 e. The van der Waals surface area contributed by atoms with Crippen molar-refractivity contribution in [2.24, 2.45) is 0 Å². The predicted molar refractivity (Wildman–Crippen MR) is 140 cm³/mol. The predicted octanol–water partition coefficient (Wildman–Crippen LogP) is 3.22. The van der Waals surface area contributed by atoms with Crippen molar-refractivity contribution < 1.29 is 38.7 Å². The van der Waals surface area contributed by atoms with E-state index in [4.69, 9.17) is 30.5 Å². The SMILES string of the molecule is COc1cc(C2/C(=C(\O)c3cc(Cl)ccc3O)C(=O)C(=O)N2CCCN2CCOCC2)cc(OC)c1OC. The van der Waals surface area contributed by atoms with Crippen LogP contribution in [0.4, 0.5) is 0 Å². The summed E-state index contributed by atoms with van der Waals surface area (Å²) in [7, 11) is 4.40. The lowest BCUT2D eigenvalue weighted by atomic mass is 9.94. The van der Waals surface area contributed by atoms with Crippen LogP contribution in [0.15, 0.2) is 35.9 Å². The molecule has 0 radical (unpaired) electrons. The van der Waals surface area contributed by atoms with Crippen molar-refractivity contribution in [3.8, 4) is 23.0 Å². The average Bonchev–Trinajstić information content (AvgIpc) is 3.18. The molecule has 2 N–H and O–H groups in total. The first kappa shape index (κ1) is 27.6. The van der Waals surface area contributed by atoms with Gasteiger partial charge in [-0.25, -0.2) is 0 Å². The zero-order chi connectivity index (χ0) is 27.4. The van der Waals surface area contributed by atoms with Crippen molar-refractivity contribution in [1.29, 1.82) is 0 Å². The summed E-state index contributed by atoms with van der Waals surface area (Å²) in [4.78, 5) is 30.4. The average molecular weight is 547 g/mol. The van der Waals surface area contributed by atoms with Gasteiger partial charge < -0.3 is 34.1 Å². The molecule has 2 saturated heterocycles. The van der Waals surface area contributed by atoms with Crippen LogP contribution in [0.1, 0.15) is 23.6 Å². The molecule has 0 saturated carbocycles. The van der Waals surface area contributed by atoms with Crippen LogP contribution in [0.2, 0.25) is 5.02 Å². The molecule has 1 amide bonds. The van der Waals surface area contributed by atoms with Gasteiger partial charge in [0.05, 0.1) is 51.7 Å². The quantitative estimate of drug-likeness (QED) is 0.278. The van der Waals surface area contributed by atoms with Gasteiger partial charge in [-0.15, -0.1) is 0 Å². The molecule has 2 aromatic carbocycles. The van der Waals surface area contributed by atoms with Crippen molar-refractivity contribution in [3.05, 3.63) is 52.1 Å². The first-order chi connectivity index (χ1) is 18.3. The second kappa shape index (κ2) is 11.9. The van der Waals surface area contributed by atoms with Gasteiger partial charge in [0.1, 0.15) is 11.5 Å². The van der Waals surface area contributed by atoms with Crippen LogP contribution in [0.3, 0.4) is 0 Å². The normalized spacial score (nSPS) is 19.6. The van der Waals surface area contributed by atoms with E-state index in [1.54, 1.807) is 12.1 Å². The maximum atomic E-state index is 13.4. The minimum absolute atomic E-state index is 0.0544. The highest BCUT2D eigenvalue weighted by Gasteiger charge is 2.46. The van der Waals surface area contributed by atoms with Crippen LogP contribution in [0.25, 0.3) is 5.76 Å². The molecule has 204 valence electrons. The highest BCUT2D eigenvalue weighted by atomic mass is 35.5. The van der Waals surface area contributed by atoms with Crippen LogP contribution in [0, 0.1) is 0 Å². The summed E-state index contributed by atoms with van der Waals surface area (Å²) in [5, 5.41) is 22.0. The fourth-order valence-corrected chi connectivity index (χ4v) is 5.02. The molecule has 4 rings (SSSR count). The van der Waals surface area contributed by atoms with E-state index in [9.17, 15) is 19.8 Å². The summed E-state index contributed by atoms with van der Waals surface area (Å²) >= 11 is 6.10. The van der Waals surface area contributed by atoms with Gasteiger partial charge >= 0.3 is 0 Å².